The third-order valence-electron chi connectivity index (χ3n) is 4.56. The van der Waals surface area contributed by atoms with Crippen LogP contribution in [0.5, 0.6) is 5.88 Å². The highest BCUT2D eigenvalue weighted by Gasteiger charge is 2.11. The summed E-state index contributed by atoms with van der Waals surface area (Å²) in [5.41, 5.74) is 4.19. The van der Waals surface area contributed by atoms with Crippen molar-refractivity contribution in [3.05, 3.63) is 76.9 Å². The van der Waals surface area contributed by atoms with Gasteiger partial charge < -0.3 is 15.0 Å². The van der Waals surface area contributed by atoms with E-state index in [-0.39, 0.29) is 18.2 Å². The highest BCUT2D eigenvalue weighted by Crippen LogP contribution is 2.22. The second-order valence-corrected chi connectivity index (χ2v) is 6.76. The van der Waals surface area contributed by atoms with Crippen molar-refractivity contribution >= 4 is 16.9 Å². The molecule has 0 aromatic carbocycles. The van der Waals surface area contributed by atoms with E-state index in [1.165, 1.54) is 25.4 Å². The van der Waals surface area contributed by atoms with Gasteiger partial charge in [0.25, 0.3) is 0 Å². The number of hydrogen-bond acceptors (Lipinski definition) is 5. The average molecular weight is 395 g/mol. The van der Waals surface area contributed by atoms with Gasteiger partial charge in [-0.1, -0.05) is 0 Å². The fourth-order valence-electron chi connectivity index (χ4n) is 3.13. The summed E-state index contributed by atoms with van der Waals surface area (Å²) in [7, 11) is 1.35. The maximum absolute atomic E-state index is 14.5. The Bertz CT molecular complexity index is 1180. The normalized spacial score (nSPS) is 11.0. The molecule has 0 saturated carbocycles. The van der Waals surface area contributed by atoms with Crippen LogP contribution >= 0.6 is 0 Å². The van der Waals surface area contributed by atoms with Crippen molar-refractivity contribution in [3.63, 3.8) is 0 Å². The lowest BCUT2D eigenvalue weighted by Crippen LogP contribution is -2.06. The van der Waals surface area contributed by atoms with Crippen LogP contribution in [0.1, 0.15) is 22.3 Å². The van der Waals surface area contributed by atoms with Crippen molar-refractivity contribution in [2.75, 3.05) is 12.4 Å². The first-order valence-corrected chi connectivity index (χ1v) is 9.03. The fourth-order valence-corrected chi connectivity index (χ4v) is 3.13. The van der Waals surface area contributed by atoms with Gasteiger partial charge in [0.15, 0.2) is 17.5 Å². The van der Waals surface area contributed by atoms with Crippen molar-refractivity contribution < 1.29 is 13.5 Å². The summed E-state index contributed by atoms with van der Waals surface area (Å²) in [4.78, 5) is 15.5. The number of rotatable bonds is 6. The number of nitrogens with one attached hydrogen (secondary N) is 2. The molecule has 0 amide bonds. The average Bonchev–Trinajstić information content (AvgIpc) is 3.09. The highest BCUT2D eigenvalue weighted by atomic mass is 19.1. The zero-order chi connectivity index (χ0) is 20.4. The van der Waals surface area contributed by atoms with E-state index in [1.807, 2.05) is 13.1 Å². The lowest BCUT2D eigenvalue weighted by molar-refractivity contribution is 0.368. The number of fused-ring (bicyclic) bond motifs is 1. The van der Waals surface area contributed by atoms with Crippen molar-refractivity contribution in [2.45, 2.75) is 19.9 Å². The maximum Gasteiger partial charge on any atom is 0.250 e. The van der Waals surface area contributed by atoms with E-state index in [1.54, 1.807) is 12.4 Å². The lowest BCUT2D eigenvalue weighted by atomic mass is 10.1. The third-order valence-corrected chi connectivity index (χ3v) is 4.56. The third kappa shape index (κ3) is 4.01. The molecule has 0 fully saturated rings. The van der Waals surface area contributed by atoms with E-state index >= 15 is 0 Å². The molecule has 0 atom stereocenters. The molecule has 4 aromatic heterocycles. The zero-order valence-electron chi connectivity index (χ0n) is 16.0. The standard InChI is InChI=1S/C21H19F2N5O/c1-12-3-16-15(11-27-19(16)24-7-12)4-13-5-17(22)20(25-8-13)26-9-14-6-18(23)21(29-2)28-10-14/h3,5-8,10-11H,4,9H2,1-2H3,(H,24,27)(H,25,26). The van der Waals surface area contributed by atoms with E-state index in [0.717, 1.165) is 27.7 Å². The number of aromatic amines is 1. The molecule has 0 spiro atoms. The summed E-state index contributed by atoms with van der Waals surface area (Å²) >= 11 is 0. The Kier molecular flexibility index (Phi) is 5.07. The molecule has 0 aliphatic rings. The van der Waals surface area contributed by atoms with Crippen LogP contribution in [-0.2, 0) is 13.0 Å². The minimum absolute atomic E-state index is 0.0786. The van der Waals surface area contributed by atoms with Gasteiger partial charge in [0.1, 0.15) is 5.65 Å². The number of nitrogens with zero attached hydrogens (tertiary/aromatic N) is 3. The predicted octanol–water partition coefficient (Wildman–Crippen LogP) is 4.15. The van der Waals surface area contributed by atoms with Gasteiger partial charge in [-0.15, -0.1) is 0 Å². The summed E-state index contributed by atoms with van der Waals surface area (Å²) < 4.78 is 33.0. The Morgan fingerprint density at radius 1 is 1.00 bits per heavy atom. The molecule has 4 heterocycles. The number of aryl methyl sites for hydroxylation is 1. The second kappa shape index (κ2) is 7.83. The SMILES string of the molecule is COc1ncc(CNc2ncc(Cc3c[nH]c4ncc(C)cc34)cc2F)cc1F. The number of halogens is 2. The first-order valence-electron chi connectivity index (χ1n) is 9.03. The Hall–Kier alpha value is -3.55. The van der Waals surface area contributed by atoms with Crippen LogP contribution in [-0.4, -0.2) is 27.0 Å². The molecule has 4 aromatic rings. The maximum atomic E-state index is 14.5. The van der Waals surface area contributed by atoms with Gasteiger partial charge in [-0.3, -0.25) is 0 Å². The van der Waals surface area contributed by atoms with E-state index in [9.17, 15) is 8.78 Å². The van der Waals surface area contributed by atoms with Gasteiger partial charge in [-0.05, 0) is 47.4 Å². The van der Waals surface area contributed by atoms with Crippen LogP contribution in [0.3, 0.4) is 0 Å². The molecular weight excluding hydrogens is 376 g/mol. The first kappa shape index (κ1) is 18.8. The quantitative estimate of drug-likeness (QED) is 0.513. The van der Waals surface area contributed by atoms with Crippen molar-refractivity contribution in [3.8, 4) is 5.88 Å². The molecule has 4 rings (SSSR count). The minimum atomic E-state index is -0.570. The van der Waals surface area contributed by atoms with Crippen LogP contribution in [0.4, 0.5) is 14.6 Å². The van der Waals surface area contributed by atoms with E-state index in [0.29, 0.717) is 12.0 Å². The number of ether oxygens (including phenoxy) is 1. The van der Waals surface area contributed by atoms with Gasteiger partial charge in [-0.2, -0.15) is 0 Å². The van der Waals surface area contributed by atoms with E-state index < -0.39 is 11.6 Å². The van der Waals surface area contributed by atoms with E-state index in [4.69, 9.17) is 4.74 Å². The van der Waals surface area contributed by atoms with E-state index in [2.05, 4.69) is 31.3 Å². The van der Waals surface area contributed by atoms with Gasteiger partial charge >= 0.3 is 0 Å². The Balaban J connectivity index is 1.47. The monoisotopic (exact) mass is 395 g/mol. The van der Waals surface area contributed by atoms with Gasteiger partial charge in [-0.25, -0.2) is 23.7 Å². The molecule has 29 heavy (non-hydrogen) atoms. The summed E-state index contributed by atoms with van der Waals surface area (Å²) in [6, 6.07) is 4.79. The van der Waals surface area contributed by atoms with Gasteiger partial charge in [0.05, 0.1) is 7.11 Å². The first-order chi connectivity index (χ1) is 14.0. The second-order valence-electron chi connectivity index (χ2n) is 6.76. The molecule has 6 nitrogen and oxygen atoms in total. The lowest BCUT2D eigenvalue weighted by Gasteiger charge is -2.09. The topological polar surface area (TPSA) is 75.7 Å². The number of hydrogen-bond donors (Lipinski definition) is 2. The minimum Gasteiger partial charge on any atom is -0.479 e. The molecule has 148 valence electrons. The highest BCUT2D eigenvalue weighted by molar-refractivity contribution is 5.80. The molecule has 0 aliphatic carbocycles. The molecule has 8 heteroatoms. The number of pyridine rings is 3. The molecule has 0 bridgehead atoms. The summed E-state index contributed by atoms with van der Waals surface area (Å²) in [5.74, 6) is -1.02. The largest absolute Gasteiger partial charge is 0.479 e. The van der Waals surface area contributed by atoms with Crippen LogP contribution in [0, 0.1) is 18.6 Å². The smallest absolute Gasteiger partial charge is 0.250 e. The molecule has 0 radical (unpaired) electrons. The molecule has 0 unspecified atom stereocenters. The van der Waals surface area contributed by atoms with Gasteiger partial charge in [0, 0.05) is 43.1 Å². The summed E-state index contributed by atoms with van der Waals surface area (Å²) in [6.45, 7) is 2.17. The molecular formula is C21H19F2N5O. The van der Waals surface area contributed by atoms with Crippen molar-refractivity contribution in [1.82, 2.24) is 19.9 Å². The number of H-pyrrole nitrogens is 1. The van der Waals surface area contributed by atoms with Crippen LogP contribution < -0.4 is 10.1 Å². The summed E-state index contributed by atoms with van der Waals surface area (Å²) in [6.07, 6.45) is 7.30. The van der Waals surface area contributed by atoms with Crippen molar-refractivity contribution in [2.24, 2.45) is 0 Å². The number of methoxy groups -OCH3 is 1. The van der Waals surface area contributed by atoms with Gasteiger partial charge in [0.2, 0.25) is 5.88 Å². The fraction of sp³-hybridized carbons (Fsp3) is 0.190. The molecule has 0 saturated heterocycles. The number of aromatic nitrogens is 4. The van der Waals surface area contributed by atoms with Crippen LogP contribution in [0.2, 0.25) is 0 Å². The zero-order valence-corrected chi connectivity index (χ0v) is 16.0. The van der Waals surface area contributed by atoms with Crippen LogP contribution in [0.25, 0.3) is 11.0 Å². The Morgan fingerprint density at radius 2 is 1.79 bits per heavy atom. The Morgan fingerprint density at radius 3 is 2.55 bits per heavy atom. The number of anilines is 1. The van der Waals surface area contributed by atoms with Crippen molar-refractivity contribution in [1.29, 1.82) is 0 Å². The van der Waals surface area contributed by atoms with Crippen LogP contribution in [0.15, 0.2) is 43.0 Å². The Labute approximate surface area is 166 Å². The molecule has 0 aliphatic heterocycles. The molecule has 2 N–H and O–H groups in total. The predicted molar refractivity (Wildman–Crippen MR) is 106 cm³/mol. The summed E-state index contributed by atoms with van der Waals surface area (Å²) in [5, 5.41) is 3.88.